The van der Waals surface area contributed by atoms with E-state index >= 15 is 0 Å². The van der Waals surface area contributed by atoms with Crippen LogP contribution in [0.25, 0.3) is 21.5 Å². The lowest BCUT2D eigenvalue weighted by atomic mass is 9.89. The molecule has 1 amide bonds. The number of thiophene rings is 1. The Morgan fingerprint density at radius 1 is 1.27 bits per heavy atom. The summed E-state index contributed by atoms with van der Waals surface area (Å²) in [5, 5.41) is 8.37. The van der Waals surface area contributed by atoms with Gasteiger partial charge >= 0.3 is 0 Å². The van der Waals surface area contributed by atoms with Gasteiger partial charge in [0.25, 0.3) is 0 Å². The van der Waals surface area contributed by atoms with Crippen molar-refractivity contribution in [1.29, 1.82) is 0 Å². The van der Waals surface area contributed by atoms with Crippen molar-refractivity contribution in [3.63, 3.8) is 0 Å². The van der Waals surface area contributed by atoms with Gasteiger partial charge in [0, 0.05) is 46.5 Å². The number of nitrogens with zero attached hydrogens (tertiary/aromatic N) is 2. The van der Waals surface area contributed by atoms with Crippen molar-refractivity contribution in [1.82, 2.24) is 14.9 Å². The van der Waals surface area contributed by atoms with Crippen LogP contribution in [0.3, 0.4) is 0 Å². The molecule has 30 heavy (non-hydrogen) atoms. The van der Waals surface area contributed by atoms with Crippen LogP contribution in [-0.2, 0) is 11.2 Å². The van der Waals surface area contributed by atoms with Crippen LogP contribution in [0, 0.1) is 0 Å². The average Bonchev–Trinajstić information content (AvgIpc) is 3.53. The van der Waals surface area contributed by atoms with E-state index in [4.69, 9.17) is 4.74 Å². The molecule has 1 N–H and O–H groups in total. The van der Waals surface area contributed by atoms with Gasteiger partial charge in [-0.25, -0.2) is 4.98 Å². The van der Waals surface area contributed by atoms with Gasteiger partial charge in [0.05, 0.1) is 19.2 Å². The number of hydrogen-bond acceptors (Lipinski definition) is 5. The number of likely N-dealkylation sites (tertiary alicyclic amines) is 1. The number of H-pyrrole nitrogens is 1. The van der Waals surface area contributed by atoms with Crippen molar-refractivity contribution in [2.45, 2.75) is 25.2 Å². The molecule has 5 rings (SSSR count). The van der Waals surface area contributed by atoms with E-state index in [2.05, 4.69) is 45.1 Å². The van der Waals surface area contributed by atoms with Crippen molar-refractivity contribution in [3.05, 3.63) is 57.9 Å². The maximum absolute atomic E-state index is 12.8. The molecule has 0 atom stereocenters. The largest absolute Gasteiger partial charge is 0.497 e. The number of benzene rings is 1. The molecule has 0 radical (unpaired) electrons. The van der Waals surface area contributed by atoms with Gasteiger partial charge in [-0.3, -0.25) is 4.79 Å². The SMILES string of the molecule is COc1ccc2[nH]cc(C3CCN(C(=O)Cc4csc(-c5ccsc5)n4)CC3)c2c1. The van der Waals surface area contributed by atoms with Gasteiger partial charge in [-0.15, -0.1) is 11.3 Å². The number of amides is 1. The Morgan fingerprint density at radius 2 is 2.13 bits per heavy atom. The summed E-state index contributed by atoms with van der Waals surface area (Å²) in [5.41, 5.74) is 4.47. The molecule has 1 aliphatic heterocycles. The normalized spacial score (nSPS) is 15.0. The fourth-order valence-electron chi connectivity index (χ4n) is 4.20. The number of carbonyl (C=O) groups excluding carboxylic acids is 1. The highest BCUT2D eigenvalue weighted by Gasteiger charge is 2.26. The zero-order chi connectivity index (χ0) is 20.5. The second-order valence-electron chi connectivity index (χ2n) is 7.64. The van der Waals surface area contributed by atoms with Gasteiger partial charge in [0.1, 0.15) is 10.8 Å². The van der Waals surface area contributed by atoms with E-state index in [-0.39, 0.29) is 5.91 Å². The predicted molar refractivity (Wildman–Crippen MR) is 123 cm³/mol. The zero-order valence-electron chi connectivity index (χ0n) is 16.8. The Bertz CT molecular complexity index is 1150. The summed E-state index contributed by atoms with van der Waals surface area (Å²) >= 11 is 3.27. The number of piperidine rings is 1. The summed E-state index contributed by atoms with van der Waals surface area (Å²) in [6, 6.07) is 8.22. The number of hydrogen-bond donors (Lipinski definition) is 1. The van der Waals surface area contributed by atoms with E-state index in [0.717, 1.165) is 53.5 Å². The van der Waals surface area contributed by atoms with E-state index < -0.39 is 0 Å². The van der Waals surface area contributed by atoms with E-state index in [9.17, 15) is 4.79 Å². The number of carbonyl (C=O) groups is 1. The minimum absolute atomic E-state index is 0.177. The Labute approximate surface area is 183 Å². The Morgan fingerprint density at radius 3 is 2.90 bits per heavy atom. The molecule has 5 nitrogen and oxygen atoms in total. The van der Waals surface area contributed by atoms with E-state index in [1.54, 1.807) is 29.8 Å². The summed E-state index contributed by atoms with van der Waals surface area (Å²) in [4.78, 5) is 22.8. The third-order valence-electron chi connectivity index (χ3n) is 5.86. The molecule has 4 aromatic rings. The van der Waals surface area contributed by atoms with E-state index in [1.807, 2.05) is 16.3 Å². The lowest BCUT2D eigenvalue weighted by Gasteiger charge is -2.32. The standard InChI is InChI=1S/C23H23N3O2S2/c1-28-18-2-3-21-19(11-18)20(12-24-21)15-4-7-26(8-5-15)22(27)10-17-14-30-23(25-17)16-6-9-29-13-16/h2-3,6,9,11-15,24H,4-5,7-8,10H2,1H3. The van der Waals surface area contributed by atoms with Crippen molar-refractivity contribution >= 4 is 39.5 Å². The van der Waals surface area contributed by atoms with Crippen LogP contribution in [0.15, 0.2) is 46.6 Å². The molecule has 3 aromatic heterocycles. The summed E-state index contributed by atoms with van der Waals surface area (Å²) in [5.74, 6) is 1.51. The maximum atomic E-state index is 12.8. The second kappa shape index (κ2) is 8.24. The molecule has 0 bridgehead atoms. The number of fused-ring (bicyclic) bond motifs is 1. The monoisotopic (exact) mass is 437 g/mol. The number of nitrogens with one attached hydrogen (secondary N) is 1. The Kier molecular flexibility index (Phi) is 5.31. The number of aromatic amines is 1. The van der Waals surface area contributed by atoms with E-state index in [0.29, 0.717) is 12.3 Å². The first-order chi connectivity index (χ1) is 14.7. The Balaban J connectivity index is 1.22. The van der Waals surface area contributed by atoms with Gasteiger partial charge in [-0.2, -0.15) is 11.3 Å². The topological polar surface area (TPSA) is 58.2 Å². The molecule has 7 heteroatoms. The smallest absolute Gasteiger partial charge is 0.228 e. The number of rotatable bonds is 5. The minimum atomic E-state index is 0.177. The molecule has 0 spiro atoms. The van der Waals surface area contributed by atoms with Crippen LogP contribution >= 0.6 is 22.7 Å². The van der Waals surface area contributed by atoms with Gasteiger partial charge in [-0.1, -0.05) is 0 Å². The first kappa shape index (κ1) is 19.3. The van der Waals surface area contributed by atoms with Gasteiger partial charge in [0.2, 0.25) is 5.91 Å². The fraction of sp³-hybridized carbons (Fsp3) is 0.304. The Hall–Kier alpha value is -2.64. The first-order valence-electron chi connectivity index (χ1n) is 10.1. The third-order valence-corrected chi connectivity index (χ3v) is 7.48. The van der Waals surface area contributed by atoms with Crippen LogP contribution < -0.4 is 4.74 Å². The van der Waals surface area contributed by atoms with Crippen LogP contribution in [0.1, 0.15) is 30.0 Å². The molecule has 0 unspecified atom stereocenters. The molecule has 0 aliphatic carbocycles. The van der Waals surface area contributed by atoms with E-state index in [1.165, 1.54) is 10.9 Å². The highest BCUT2D eigenvalue weighted by molar-refractivity contribution is 7.14. The van der Waals surface area contributed by atoms with Crippen molar-refractivity contribution < 1.29 is 9.53 Å². The first-order valence-corrected chi connectivity index (χ1v) is 11.9. The highest BCUT2D eigenvalue weighted by atomic mass is 32.1. The predicted octanol–water partition coefficient (Wildman–Crippen LogP) is 5.31. The number of ether oxygens (including phenoxy) is 1. The van der Waals surface area contributed by atoms with Gasteiger partial charge in [0.15, 0.2) is 0 Å². The van der Waals surface area contributed by atoms with Crippen molar-refractivity contribution in [2.75, 3.05) is 20.2 Å². The second-order valence-corrected chi connectivity index (χ2v) is 9.28. The molecule has 4 heterocycles. The average molecular weight is 438 g/mol. The molecule has 154 valence electrons. The van der Waals surface area contributed by atoms with Crippen molar-refractivity contribution in [3.8, 4) is 16.3 Å². The third kappa shape index (κ3) is 3.75. The number of methoxy groups -OCH3 is 1. The van der Waals surface area contributed by atoms with Crippen LogP contribution in [-0.4, -0.2) is 41.0 Å². The quantitative estimate of drug-likeness (QED) is 0.460. The highest BCUT2D eigenvalue weighted by Crippen LogP contribution is 2.35. The molecular formula is C23H23N3O2S2. The molecule has 1 saturated heterocycles. The zero-order valence-corrected chi connectivity index (χ0v) is 18.4. The van der Waals surface area contributed by atoms with Crippen molar-refractivity contribution in [2.24, 2.45) is 0 Å². The summed E-state index contributed by atoms with van der Waals surface area (Å²) < 4.78 is 5.39. The minimum Gasteiger partial charge on any atom is -0.497 e. The van der Waals surface area contributed by atoms with Crippen LogP contribution in [0.5, 0.6) is 5.75 Å². The number of thiazole rings is 1. The summed E-state index contributed by atoms with van der Waals surface area (Å²) in [6.45, 7) is 1.59. The van der Waals surface area contributed by atoms with Crippen LogP contribution in [0.4, 0.5) is 0 Å². The molecule has 0 saturated carbocycles. The molecule has 1 aromatic carbocycles. The number of aromatic nitrogens is 2. The molecule has 1 fully saturated rings. The summed E-state index contributed by atoms with van der Waals surface area (Å²) in [6.07, 6.45) is 4.46. The fourth-order valence-corrected chi connectivity index (χ4v) is 5.73. The van der Waals surface area contributed by atoms with Crippen LogP contribution in [0.2, 0.25) is 0 Å². The summed E-state index contributed by atoms with van der Waals surface area (Å²) in [7, 11) is 1.70. The van der Waals surface area contributed by atoms with Gasteiger partial charge < -0.3 is 14.6 Å². The molecule has 1 aliphatic rings. The lowest BCUT2D eigenvalue weighted by molar-refractivity contribution is -0.131. The maximum Gasteiger partial charge on any atom is 0.228 e. The molecular weight excluding hydrogens is 414 g/mol. The van der Waals surface area contributed by atoms with Gasteiger partial charge in [-0.05, 0) is 54.0 Å². The lowest BCUT2D eigenvalue weighted by Crippen LogP contribution is -2.38.